The minimum atomic E-state index is -0.417. The molecule has 1 saturated heterocycles. The average molecular weight is 433 g/mol. The number of hydrogen-bond donors (Lipinski definition) is 1. The first-order chi connectivity index (χ1) is 15.4. The summed E-state index contributed by atoms with van der Waals surface area (Å²) in [5.41, 5.74) is 8.07. The van der Waals surface area contributed by atoms with E-state index in [0.717, 1.165) is 41.5 Å². The molecule has 0 aliphatic carbocycles. The molecule has 1 aliphatic rings. The molecule has 0 unspecified atom stereocenters. The first-order valence-corrected chi connectivity index (χ1v) is 10.9. The van der Waals surface area contributed by atoms with Crippen LogP contribution in [0.15, 0.2) is 33.9 Å². The summed E-state index contributed by atoms with van der Waals surface area (Å²) < 4.78 is 2.73. The van der Waals surface area contributed by atoms with E-state index in [9.17, 15) is 9.59 Å². The van der Waals surface area contributed by atoms with Crippen LogP contribution in [0.2, 0.25) is 0 Å². The number of nitrogens with zero attached hydrogens (tertiary/aromatic N) is 5. The van der Waals surface area contributed by atoms with Crippen LogP contribution in [0.25, 0.3) is 10.9 Å². The van der Waals surface area contributed by atoms with Crippen molar-refractivity contribution in [2.45, 2.75) is 52.7 Å². The first kappa shape index (κ1) is 21.8. The summed E-state index contributed by atoms with van der Waals surface area (Å²) in [5, 5.41) is 0.966. The lowest BCUT2D eigenvalue weighted by molar-refractivity contribution is 0.491. The molecule has 3 aromatic rings. The molecule has 1 aromatic carbocycles. The van der Waals surface area contributed by atoms with E-state index in [1.165, 1.54) is 10.6 Å². The topological polar surface area (TPSA) is 99.0 Å². The molecule has 166 valence electrons. The van der Waals surface area contributed by atoms with E-state index < -0.39 is 5.69 Å². The van der Waals surface area contributed by atoms with Gasteiger partial charge < -0.3 is 10.6 Å². The van der Waals surface area contributed by atoms with E-state index in [2.05, 4.69) is 21.8 Å². The summed E-state index contributed by atoms with van der Waals surface area (Å²) in [5.74, 6) is 6.79. The zero-order chi connectivity index (χ0) is 22.8. The molecular formula is C24H28N6O2. The van der Waals surface area contributed by atoms with Gasteiger partial charge in [-0.15, -0.1) is 5.92 Å². The Bertz CT molecular complexity index is 1340. The van der Waals surface area contributed by atoms with Crippen molar-refractivity contribution in [2.75, 3.05) is 18.0 Å². The molecule has 8 nitrogen and oxygen atoms in total. The van der Waals surface area contributed by atoms with Crippen molar-refractivity contribution in [3.8, 4) is 11.8 Å². The summed E-state index contributed by atoms with van der Waals surface area (Å²) in [7, 11) is 0. The predicted molar refractivity (Wildman–Crippen MR) is 126 cm³/mol. The third-order valence-electron chi connectivity index (χ3n) is 5.84. The smallest absolute Gasteiger partial charge is 0.333 e. The van der Waals surface area contributed by atoms with Crippen LogP contribution in [0.1, 0.15) is 36.8 Å². The lowest BCUT2D eigenvalue weighted by Gasteiger charge is -2.33. The van der Waals surface area contributed by atoms with Crippen molar-refractivity contribution in [3.05, 3.63) is 62.2 Å². The van der Waals surface area contributed by atoms with Crippen LogP contribution in [0, 0.1) is 25.7 Å². The van der Waals surface area contributed by atoms with Gasteiger partial charge in [0.05, 0.1) is 18.6 Å². The molecule has 0 bridgehead atoms. The van der Waals surface area contributed by atoms with E-state index in [1.807, 2.05) is 36.9 Å². The Balaban J connectivity index is 1.78. The second-order valence-corrected chi connectivity index (χ2v) is 8.32. The molecular weight excluding hydrogens is 404 g/mol. The molecule has 1 atom stereocenters. The quantitative estimate of drug-likeness (QED) is 0.629. The minimum Gasteiger partial charge on any atom is -0.356 e. The Morgan fingerprint density at radius 2 is 1.97 bits per heavy atom. The average Bonchev–Trinajstić information content (AvgIpc) is 2.76. The van der Waals surface area contributed by atoms with Gasteiger partial charge >= 0.3 is 5.69 Å². The standard InChI is InChI=1S/C24H28N6O2/c1-4-5-11-29-22(28-10-6-7-18(25)14-28)13-23(31)30(24(29)32)15-21-26-17(3)19-12-16(2)8-9-20(19)27-21/h8-9,12-13,18H,6-7,10-11,14-15,25H2,1-3H3/t18-/m1/s1. The van der Waals surface area contributed by atoms with Gasteiger partial charge in [-0.3, -0.25) is 13.9 Å². The van der Waals surface area contributed by atoms with E-state index >= 15 is 0 Å². The number of hydrogen-bond acceptors (Lipinski definition) is 6. The number of aromatic nitrogens is 4. The summed E-state index contributed by atoms with van der Waals surface area (Å²) in [4.78, 5) is 37.6. The normalized spacial score (nSPS) is 16.1. The molecule has 0 radical (unpaired) electrons. The summed E-state index contributed by atoms with van der Waals surface area (Å²) in [6, 6.07) is 7.48. The van der Waals surface area contributed by atoms with Crippen molar-refractivity contribution in [1.82, 2.24) is 19.1 Å². The molecule has 0 amide bonds. The highest BCUT2D eigenvalue weighted by Crippen LogP contribution is 2.18. The number of rotatable bonds is 4. The summed E-state index contributed by atoms with van der Waals surface area (Å²) in [6.07, 6.45) is 1.85. The Morgan fingerprint density at radius 3 is 2.72 bits per heavy atom. The van der Waals surface area contributed by atoms with Gasteiger partial charge in [0.25, 0.3) is 5.56 Å². The van der Waals surface area contributed by atoms with E-state index in [-0.39, 0.29) is 24.7 Å². The fourth-order valence-electron chi connectivity index (χ4n) is 4.20. The second kappa shape index (κ2) is 8.97. The maximum absolute atomic E-state index is 13.4. The maximum Gasteiger partial charge on any atom is 0.333 e. The number of fused-ring (bicyclic) bond motifs is 1. The summed E-state index contributed by atoms with van der Waals surface area (Å²) in [6.45, 7) is 7.22. The van der Waals surface area contributed by atoms with Crippen molar-refractivity contribution >= 4 is 16.7 Å². The van der Waals surface area contributed by atoms with Crippen molar-refractivity contribution in [1.29, 1.82) is 0 Å². The second-order valence-electron chi connectivity index (χ2n) is 8.32. The van der Waals surface area contributed by atoms with Gasteiger partial charge in [0, 0.05) is 36.3 Å². The molecule has 3 heterocycles. The van der Waals surface area contributed by atoms with Gasteiger partial charge in [-0.2, -0.15) is 0 Å². The largest absolute Gasteiger partial charge is 0.356 e. The Hall–Kier alpha value is -3.44. The molecule has 4 rings (SSSR count). The third kappa shape index (κ3) is 4.30. The summed E-state index contributed by atoms with van der Waals surface area (Å²) >= 11 is 0. The van der Waals surface area contributed by atoms with Gasteiger partial charge in [0.15, 0.2) is 0 Å². The van der Waals surface area contributed by atoms with Crippen LogP contribution in [0.4, 0.5) is 5.82 Å². The Kier molecular flexibility index (Phi) is 6.10. The Labute approximate surface area is 186 Å². The fourth-order valence-corrected chi connectivity index (χ4v) is 4.20. The van der Waals surface area contributed by atoms with E-state index in [1.54, 1.807) is 11.5 Å². The number of nitrogens with two attached hydrogens (primary N) is 1. The number of benzene rings is 1. The molecule has 8 heteroatoms. The maximum atomic E-state index is 13.4. The fraction of sp³-hybridized carbons (Fsp3) is 0.417. The molecule has 1 aliphatic heterocycles. The van der Waals surface area contributed by atoms with Gasteiger partial charge in [0.2, 0.25) is 0 Å². The predicted octanol–water partition coefficient (Wildman–Crippen LogP) is 1.57. The lowest BCUT2D eigenvalue weighted by Crippen LogP contribution is -2.48. The van der Waals surface area contributed by atoms with Crippen LogP contribution in [0.5, 0.6) is 0 Å². The van der Waals surface area contributed by atoms with E-state index in [0.29, 0.717) is 18.2 Å². The minimum absolute atomic E-state index is 0.00166. The van der Waals surface area contributed by atoms with Crippen molar-refractivity contribution < 1.29 is 0 Å². The number of piperidine rings is 1. The van der Waals surface area contributed by atoms with Gasteiger partial charge in [-0.25, -0.2) is 14.8 Å². The highest BCUT2D eigenvalue weighted by molar-refractivity contribution is 5.81. The van der Waals surface area contributed by atoms with Crippen LogP contribution >= 0.6 is 0 Å². The molecule has 2 N–H and O–H groups in total. The van der Waals surface area contributed by atoms with Crippen molar-refractivity contribution in [3.63, 3.8) is 0 Å². The molecule has 0 spiro atoms. The monoisotopic (exact) mass is 432 g/mol. The highest BCUT2D eigenvalue weighted by atomic mass is 16.2. The Morgan fingerprint density at radius 1 is 1.16 bits per heavy atom. The first-order valence-electron chi connectivity index (χ1n) is 10.9. The zero-order valence-corrected chi connectivity index (χ0v) is 18.8. The number of aryl methyl sites for hydroxylation is 2. The van der Waals surface area contributed by atoms with Crippen LogP contribution in [-0.4, -0.2) is 38.2 Å². The van der Waals surface area contributed by atoms with Crippen LogP contribution in [-0.2, 0) is 13.1 Å². The van der Waals surface area contributed by atoms with Crippen LogP contribution in [0.3, 0.4) is 0 Å². The van der Waals surface area contributed by atoms with Crippen molar-refractivity contribution in [2.24, 2.45) is 5.73 Å². The van der Waals surface area contributed by atoms with E-state index in [4.69, 9.17) is 5.73 Å². The SMILES string of the molecule is CC#CCn1c(N2CCC[C@@H](N)C2)cc(=O)n(Cc2nc(C)c3cc(C)ccc3n2)c1=O. The molecule has 1 fully saturated rings. The van der Waals surface area contributed by atoms with Crippen LogP contribution < -0.4 is 21.9 Å². The molecule has 32 heavy (non-hydrogen) atoms. The van der Waals surface area contributed by atoms with Gasteiger partial charge in [0.1, 0.15) is 11.6 Å². The van der Waals surface area contributed by atoms with Gasteiger partial charge in [-0.1, -0.05) is 17.6 Å². The number of anilines is 1. The lowest BCUT2D eigenvalue weighted by atomic mass is 10.1. The third-order valence-corrected chi connectivity index (χ3v) is 5.84. The molecule has 0 saturated carbocycles. The highest BCUT2D eigenvalue weighted by Gasteiger charge is 2.22. The zero-order valence-electron chi connectivity index (χ0n) is 18.8. The molecule has 2 aromatic heterocycles. The van der Waals surface area contributed by atoms with Gasteiger partial charge in [-0.05, 0) is 45.7 Å².